The van der Waals surface area contributed by atoms with E-state index in [2.05, 4.69) is 17.3 Å². The number of nitrogens with one attached hydrogen (secondary N) is 1. The van der Waals surface area contributed by atoms with Crippen molar-refractivity contribution in [2.24, 2.45) is 0 Å². The van der Waals surface area contributed by atoms with Gasteiger partial charge in [0.15, 0.2) is 0 Å². The Morgan fingerprint density at radius 1 is 1.47 bits per heavy atom. The zero-order valence-corrected chi connectivity index (χ0v) is 11.9. The summed E-state index contributed by atoms with van der Waals surface area (Å²) in [6, 6.07) is 0.498. The van der Waals surface area contributed by atoms with E-state index in [1.165, 1.54) is 0 Å². The molecule has 0 radical (unpaired) electrons. The second-order valence-electron chi connectivity index (χ2n) is 5.08. The van der Waals surface area contributed by atoms with Gasteiger partial charge in [-0.3, -0.25) is 0 Å². The first-order valence-corrected chi connectivity index (χ1v) is 7.08. The lowest BCUT2D eigenvalue weighted by Gasteiger charge is -2.24. The summed E-state index contributed by atoms with van der Waals surface area (Å²) in [7, 11) is 2.07. The summed E-state index contributed by atoms with van der Waals surface area (Å²) >= 11 is 0. The van der Waals surface area contributed by atoms with Gasteiger partial charge in [0.25, 0.3) is 0 Å². The van der Waals surface area contributed by atoms with E-state index in [-0.39, 0.29) is 13.2 Å². The average molecular weight is 276 g/mol. The molecule has 0 aliphatic carbocycles. The van der Waals surface area contributed by atoms with E-state index in [0.29, 0.717) is 12.6 Å². The summed E-state index contributed by atoms with van der Waals surface area (Å²) in [6.07, 6.45) is 1.51. The summed E-state index contributed by atoms with van der Waals surface area (Å²) in [5.41, 5.74) is 0. The number of likely N-dealkylation sites (N-methyl/N-ethyl adjacent to an activating group) is 1. The van der Waals surface area contributed by atoms with E-state index in [4.69, 9.17) is 19.7 Å². The number of hydrogen-bond acceptors (Lipinski definition) is 6. The van der Waals surface area contributed by atoms with Crippen molar-refractivity contribution >= 4 is 0 Å². The number of nitrogens with zero attached hydrogens (tertiary/aromatic N) is 1. The Bertz CT molecular complexity index is 213. The normalized spacial score (nSPS) is 21.8. The first kappa shape index (κ1) is 16.8. The summed E-state index contributed by atoms with van der Waals surface area (Å²) in [5.74, 6) is 0. The summed E-state index contributed by atoms with van der Waals surface area (Å²) in [4.78, 5) is 2.22. The molecule has 6 nitrogen and oxygen atoms in total. The van der Waals surface area contributed by atoms with E-state index in [1.807, 2.05) is 0 Å². The molecule has 0 aromatic carbocycles. The van der Waals surface area contributed by atoms with Gasteiger partial charge in [0.1, 0.15) is 6.10 Å². The van der Waals surface area contributed by atoms with Crippen molar-refractivity contribution in [3.63, 3.8) is 0 Å². The quantitative estimate of drug-likeness (QED) is 0.447. The van der Waals surface area contributed by atoms with Crippen LogP contribution in [0.1, 0.15) is 12.8 Å². The predicted octanol–water partition coefficient (Wildman–Crippen LogP) is -0.943. The van der Waals surface area contributed by atoms with Crippen molar-refractivity contribution in [1.82, 2.24) is 10.2 Å². The van der Waals surface area contributed by atoms with Gasteiger partial charge in [0.05, 0.1) is 33.0 Å². The van der Waals surface area contributed by atoms with Gasteiger partial charge >= 0.3 is 0 Å². The standard InChI is InChI=1S/C13H28N2O4/c1-15(6-8-19-11-13(17)9-16)5-2-3-12-10-18-7-4-14-12/h12-14,16-17H,2-11H2,1H3. The van der Waals surface area contributed by atoms with Gasteiger partial charge in [0.2, 0.25) is 0 Å². The van der Waals surface area contributed by atoms with Crippen LogP contribution in [0.3, 0.4) is 0 Å². The molecule has 1 heterocycles. The molecule has 1 aliphatic rings. The summed E-state index contributed by atoms with van der Waals surface area (Å²) in [6.45, 7) is 5.02. The van der Waals surface area contributed by atoms with Crippen LogP contribution in [-0.2, 0) is 9.47 Å². The van der Waals surface area contributed by atoms with Crippen molar-refractivity contribution in [1.29, 1.82) is 0 Å². The second-order valence-corrected chi connectivity index (χ2v) is 5.08. The van der Waals surface area contributed by atoms with E-state index < -0.39 is 6.10 Å². The molecule has 0 spiro atoms. The van der Waals surface area contributed by atoms with Crippen LogP contribution < -0.4 is 5.32 Å². The minimum atomic E-state index is -0.761. The third-order valence-corrected chi connectivity index (χ3v) is 3.23. The van der Waals surface area contributed by atoms with Crippen LogP contribution in [0, 0.1) is 0 Å². The maximum atomic E-state index is 9.10. The zero-order chi connectivity index (χ0) is 13.9. The molecule has 1 fully saturated rings. The van der Waals surface area contributed by atoms with E-state index in [9.17, 15) is 0 Å². The zero-order valence-electron chi connectivity index (χ0n) is 11.9. The highest BCUT2D eigenvalue weighted by molar-refractivity contribution is 4.70. The van der Waals surface area contributed by atoms with E-state index in [0.717, 1.165) is 45.7 Å². The highest BCUT2D eigenvalue weighted by Gasteiger charge is 2.12. The van der Waals surface area contributed by atoms with Crippen molar-refractivity contribution in [3.8, 4) is 0 Å². The molecule has 114 valence electrons. The fraction of sp³-hybridized carbons (Fsp3) is 1.00. The molecule has 0 saturated carbocycles. The monoisotopic (exact) mass is 276 g/mol. The number of rotatable bonds is 10. The number of ether oxygens (including phenoxy) is 2. The molecule has 2 atom stereocenters. The second kappa shape index (κ2) is 10.5. The van der Waals surface area contributed by atoms with Gasteiger partial charge in [-0.1, -0.05) is 0 Å². The predicted molar refractivity (Wildman–Crippen MR) is 73.3 cm³/mol. The Morgan fingerprint density at radius 3 is 3.00 bits per heavy atom. The Morgan fingerprint density at radius 2 is 2.32 bits per heavy atom. The van der Waals surface area contributed by atoms with Crippen LogP contribution in [0.4, 0.5) is 0 Å². The molecular weight excluding hydrogens is 248 g/mol. The molecule has 0 aromatic heterocycles. The van der Waals surface area contributed by atoms with Crippen molar-refractivity contribution in [2.75, 3.05) is 59.7 Å². The minimum Gasteiger partial charge on any atom is -0.394 e. The summed E-state index contributed by atoms with van der Waals surface area (Å²) in [5, 5.41) is 21.2. The number of morpholine rings is 1. The SMILES string of the molecule is CN(CCCC1COCCN1)CCOCC(O)CO. The maximum Gasteiger partial charge on any atom is 0.100 e. The van der Waals surface area contributed by atoms with Crippen molar-refractivity contribution < 1.29 is 19.7 Å². The maximum absolute atomic E-state index is 9.10. The van der Waals surface area contributed by atoms with E-state index in [1.54, 1.807) is 0 Å². The third-order valence-electron chi connectivity index (χ3n) is 3.23. The fourth-order valence-electron chi connectivity index (χ4n) is 2.02. The molecule has 2 unspecified atom stereocenters. The fourth-order valence-corrected chi connectivity index (χ4v) is 2.02. The number of aliphatic hydroxyl groups excluding tert-OH is 2. The van der Waals surface area contributed by atoms with Crippen molar-refractivity contribution in [2.45, 2.75) is 25.0 Å². The molecular formula is C13H28N2O4. The first-order valence-electron chi connectivity index (χ1n) is 7.08. The molecule has 1 saturated heterocycles. The molecule has 1 rings (SSSR count). The van der Waals surface area contributed by atoms with Crippen LogP contribution in [0.5, 0.6) is 0 Å². The van der Waals surface area contributed by atoms with Crippen LogP contribution >= 0.6 is 0 Å². The van der Waals surface area contributed by atoms with Gasteiger partial charge in [0, 0.05) is 19.1 Å². The minimum absolute atomic E-state index is 0.202. The highest BCUT2D eigenvalue weighted by atomic mass is 16.5. The highest BCUT2D eigenvalue weighted by Crippen LogP contribution is 2.02. The largest absolute Gasteiger partial charge is 0.394 e. The lowest BCUT2D eigenvalue weighted by atomic mass is 10.1. The molecule has 0 bridgehead atoms. The summed E-state index contributed by atoms with van der Waals surface area (Å²) < 4.78 is 10.7. The van der Waals surface area contributed by atoms with Crippen LogP contribution in [0.2, 0.25) is 0 Å². The first-order chi connectivity index (χ1) is 9.22. The molecule has 0 amide bonds. The van der Waals surface area contributed by atoms with Crippen LogP contribution in [-0.4, -0.2) is 87.0 Å². The lowest BCUT2D eigenvalue weighted by Crippen LogP contribution is -2.41. The topological polar surface area (TPSA) is 74.2 Å². The molecule has 6 heteroatoms. The van der Waals surface area contributed by atoms with Gasteiger partial charge in [-0.05, 0) is 26.4 Å². The Kier molecular flexibility index (Phi) is 9.32. The van der Waals surface area contributed by atoms with Gasteiger partial charge in [-0.25, -0.2) is 0 Å². The molecule has 19 heavy (non-hydrogen) atoms. The number of aliphatic hydroxyl groups is 2. The Balaban J connectivity index is 1.91. The van der Waals surface area contributed by atoms with Gasteiger partial charge < -0.3 is 29.9 Å². The van der Waals surface area contributed by atoms with Crippen LogP contribution in [0.15, 0.2) is 0 Å². The van der Waals surface area contributed by atoms with Gasteiger partial charge in [-0.2, -0.15) is 0 Å². The molecule has 0 aromatic rings. The molecule has 3 N–H and O–H groups in total. The number of hydrogen-bond donors (Lipinski definition) is 3. The van der Waals surface area contributed by atoms with Gasteiger partial charge in [-0.15, -0.1) is 0 Å². The smallest absolute Gasteiger partial charge is 0.100 e. The Hall–Kier alpha value is -0.240. The van der Waals surface area contributed by atoms with Crippen LogP contribution in [0.25, 0.3) is 0 Å². The lowest BCUT2D eigenvalue weighted by molar-refractivity contribution is 0.00166. The van der Waals surface area contributed by atoms with Crippen molar-refractivity contribution in [3.05, 3.63) is 0 Å². The third kappa shape index (κ3) is 8.52. The Labute approximate surface area is 115 Å². The average Bonchev–Trinajstić information content (AvgIpc) is 2.44. The molecule has 1 aliphatic heterocycles. The van der Waals surface area contributed by atoms with E-state index >= 15 is 0 Å².